The normalized spacial score (nSPS) is 14.2. The van der Waals surface area contributed by atoms with E-state index in [-0.39, 0.29) is 5.91 Å². The summed E-state index contributed by atoms with van der Waals surface area (Å²) in [4.78, 5) is 17.3. The molecule has 0 atom stereocenters. The Balaban J connectivity index is 1.63. The predicted octanol–water partition coefficient (Wildman–Crippen LogP) is 5.02. The van der Waals surface area contributed by atoms with Gasteiger partial charge in [-0.05, 0) is 23.8 Å². The van der Waals surface area contributed by atoms with E-state index in [0.29, 0.717) is 5.57 Å². The van der Waals surface area contributed by atoms with Crippen LogP contribution in [0.2, 0.25) is 0 Å². The highest BCUT2D eigenvalue weighted by Gasteiger charge is 2.28. The molecule has 0 saturated heterocycles. The van der Waals surface area contributed by atoms with Crippen LogP contribution in [0.15, 0.2) is 91.4 Å². The Morgan fingerprint density at radius 2 is 1.77 bits per heavy atom. The highest BCUT2D eigenvalue weighted by molar-refractivity contribution is 6.37. The molecule has 5 nitrogen and oxygen atoms in total. The number of rotatable bonds is 4. The molecule has 1 aromatic heterocycles. The van der Waals surface area contributed by atoms with E-state index < -0.39 is 0 Å². The molecule has 0 aliphatic carbocycles. The van der Waals surface area contributed by atoms with Crippen LogP contribution < -0.4 is 10.6 Å². The summed E-state index contributed by atoms with van der Waals surface area (Å²) in [6, 6.07) is 25.7. The molecule has 0 radical (unpaired) electrons. The molecule has 0 fully saturated rings. The summed E-state index contributed by atoms with van der Waals surface area (Å²) in [6.45, 7) is 0. The maximum Gasteiger partial charge on any atom is 0.258 e. The number of hydrogen-bond acceptors (Lipinski definition) is 3. The quantitative estimate of drug-likeness (QED) is 0.480. The van der Waals surface area contributed by atoms with Crippen LogP contribution in [0.3, 0.4) is 0 Å². The van der Waals surface area contributed by atoms with Crippen molar-refractivity contribution in [2.24, 2.45) is 7.05 Å². The third-order valence-corrected chi connectivity index (χ3v) is 5.12. The minimum absolute atomic E-state index is 0.108. The maximum atomic E-state index is 12.9. The molecular formula is C25H20N4O. The molecule has 5 rings (SSSR count). The average molecular weight is 392 g/mol. The Labute approximate surface area is 174 Å². The van der Waals surface area contributed by atoms with E-state index >= 15 is 0 Å². The first-order valence-corrected chi connectivity index (χ1v) is 9.75. The van der Waals surface area contributed by atoms with Crippen molar-refractivity contribution in [1.82, 2.24) is 9.55 Å². The number of imidazole rings is 1. The second kappa shape index (κ2) is 7.37. The van der Waals surface area contributed by atoms with Crippen molar-refractivity contribution in [3.63, 3.8) is 0 Å². The Bertz CT molecular complexity index is 1270. The number of carbonyl (C=O) groups excluding carboxylic acids is 1. The van der Waals surface area contributed by atoms with E-state index in [1.165, 1.54) is 0 Å². The molecule has 0 unspecified atom stereocenters. The number of fused-ring (bicyclic) bond motifs is 1. The molecule has 5 heteroatoms. The van der Waals surface area contributed by atoms with Crippen LogP contribution >= 0.6 is 0 Å². The minimum Gasteiger partial charge on any atom is -0.354 e. The Kier molecular flexibility index (Phi) is 4.41. The van der Waals surface area contributed by atoms with Crippen molar-refractivity contribution in [1.29, 1.82) is 0 Å². The minimum atomic E-state index is -0.108. The van der Waals surface area contributed by atoms with Gasteiger partial charge in [-0.25, -0.2) is 4.98 Å². The smallest absolute Gasteiger partial charge is 0.258 e. The van der Waals surface area contributed by atoms with Gasteiger partial charge in [0.15, 0.2) is 0 Å². The molecule has 0 bridgehead atoms. The molecule has 30 heavy (non-hydrogen) atoms. The molecule has 3 aromatic carbocycles. The first-order valence-electron chi connectivity index (χ1n) is 9.75. The van der Waals surface area contributed by atoms with E-state index in [4.69, 9.17) is 0 Å². The second-order valence-corrected chi connectivity index (χ2v) is 7.25. The van der Waals surface area contributed by atoms with Gasteiger partial charge in [-0.3, -0.25) is 4.79 Å². The number of anilines is 2. The van der Waals surface area contributed by atoms with Crippen LogP contribution in [-0.2, 0) is 11.8 Å². The monoisotopic (exact) mass is 392 g/mol. The number of benzene rings is 3. The number of hydrogen-bond donors (Lipinski definition) is 2. The summed E-state index contributed by atoms with van der Waals surface area (Å²) in [6.07, 6.45) is 3.77. The fraction of sp³-hybridized carbons (Fsp3) is 0.0400. The van der Waals surface area contributed by atoms with Crippen LogP contribution in [0.5, 0.6) is 0 Å². The van der Waals surface area contributed by atoms with Gasteiger partial charge in [0.05, 0.1) is 23.3 Å². The van der Waals surface area contributed by atoms with E-state index in [2.05, 4.69) is 15.6 Å². The number of aromatic nitrogens is 2. The van der Waals surface area contributed by atoms with Gasteiger partial charge in [-0.1, -0.05) is 60.7 Å². The summed E-state index contributed by atoms with van der Waals surface area (Å²) in [5, 5.41) is 6.48. The average Bonchev–Trinajstić information content (AvgIpc) is 3.35. The largest absolute Gasteiger partial charge is 0.354 e. The topological polar surface area (TPSA) is 59.0 Å². The third kappa shape index (κ3) is 3.26. The zero-order valence-electron chi connectivity index (χ0n) is 16.5. The SMILES string of the molecule is Cn1cnc(-c2cccc(NC(=C3C(=O)Nc4ccccc43)c3ccccc3)c2)c1. The van der Waals surface area contributed by atoms with Gasteiger partial charge >= 0.3 is 0 Å². The van der Waals surface area contributed by atoms with Gasteiger partial charge in [-0.2, -0.15) is 0 Å². The van der Waals surface area contributed by atoms with Crippen LogP contribution in [0.1, 0.15) is 11.1 Å². The van der Waals surface area contributed by atoms with Crippen LogP contribution in [0.4, 0.5) is 11.4 Å². The van der Waals surface area contributed by atoms with Gasteiger partial charge in [0, 0.05) is 35.7 Å². The molecule has 2 heterocycles. The van der Waals surface area contributed by atoms with Gasteiger partial charge in [0.25, 0.3) is 5.91 Å². The molecule has 1 aliphatic rings. The first kappa shape index (κ1) is 17.9. The zero-order valence-corrected chi connectivity index (χ0v) is 16.5. The van der Waals surface area contributed by atoms with Crippen molar-refractivity contribution in [2.75, 3.05) is 10.6 Å². The molecule has 0 saturated carbocycles. The molecule has 146 valence electrons. The second-order valence-electron chi connectivity index (χ2n) is 7.25. The van der Waals surface area contributed by atoms with Gasteiger partial charge < -0.3 is 15.2 Å². The molecule has 1 amide bonds. The lowest BCUT2D eigenvalue weighted by Crippen LogP contribution is -2.10. The van der Waals surface area contributed by atoms with Crippen molar-refractivity contribution in [2.45, 2.75) is 0 Å². The molecular weight excluding hydrogens is 372 g/mol. The maximum absolute atomic E-state index is 12.9. The fourth-order valence-electron chi connectivity index (χ4n) is 3.71. The first-order chi connectivity index (χ1) is 14.7. The van der Waals surface area contributed by atoms with Crippen molar-refractivity contribution in [3.05, 3.63) is 103 Å². The highest BCUT2D eigenvalue weighted by Crippen LogP contribution is 2.37. The number of para-hydroxylation sites is 1. The summed E-state index contributed by atoms with van der Waals surface area (Å²) < 4.78 is 1.92. The standard InChI is InChI=1S/C25H20N4O/c1-29-15-22(26-16-29)18-10-7-11-19(14-18)27-24(17-8-3-2-4-9-17)23-20-12-5-6-13-21(20)28-25(23)30/h2-16,27H,1H3,(H,28,30). The van der Waals surface area contributed by atoms with Crippen LogP contribution in [0.25, 0.3) is 22.5 Å². The molecule has 2 N–H and O–H groups in total. The Morgan fingerprint density at radius 1 is 0.967 bits per heavy atom. The van der Waals surface area contributed by atoms with Crippen LogP contribution in [0, 0.1) is 0 Å². The summed E-state index contributed by atoms with van der Waals surface area (Å²) >= 11 is 0. The molecule has 0 spiro atoms. The van der Waals surface area contributed by atoms with E-state index in [1.807, 2.05) is 96.7 Å². The van der Waals surface area contributed by atoms with Crippen LogP contribution in [-0.4, -0.2) is 15.5 Å². The predicted molar refractivity (Wildman–Crippen MR) is 121 cm³/mol. The van der Waals surface area contributed by atoms with Gasteiger partial charge in [0.2, 0.25) is 0 Å². The lowest BCUT2D eigenvalue weighted by atomic mass is 10.00. The van der Waals surface area contributed by atoms with Crippen molar-refractivity contribution < 1.29 is 4.79 Å². The highest BCUT2D eigenvalue weighted by atomic mass is 16.2. The van der Waals surface area contributed by atoms with E-state index in [9.17, 15) is 4.79 Å². The number of amides is 1. The Hall–Kier alpha value is -4.12. The van der Waals surface area contributed by atoms with Gasteiger partial charge in [0.1, 0.15) is 0 Å². The number of nitrogens with zero attached hydrogens (tertiary/aromatic N) is 2. The lowest BCUT2D eigenvalue weighted by Gasteiger charge is -2.15. The number of carbonyl (C=O) groups is 1. The lowest BCUT2D eigenvalue weighted by molar-refractivity contribution is -0.110. The molecule has 1 aliphatic heterocycles. The Morgan fingerprint density at radius 3 is 2.57 bits per heavy atom. The third-order valence-electron chi connectivity index (χ3n) is 5.12. The van der Waals surface area contributed by atoms with E-state index in [1.54, 1.807) is 6.33 Å². The van der Waals surface area contributed by atoms with Crippen molar-refractivity contribution in [3.8, 4) is 11.3 Å². The summed E-state index contributed by atoms with van der Waals surface area (Å²) in [5.74, 6) is -0.108. The van der Waals surface area contributed by atoms with Crippen molar-refractivity contribution >= 4 is 28.6 Å². The summed E-state index contributed by atoms with van der Waals surface area (Å²) in [7, 11) is 1.95. The number of aryl methyl sites for hydroxylation is 1. The molecule has 4 aromatic rings. The summed E-state index contributed by atoms with van der Waals surface area (Å²) in [5.41, 5.74) is 6.89. The fourth-order valence-corrected chi connectivity index (χ4v) is 3.71. The van der Waals surface area contributed by atoms with Gasteiger partial charge in [-0.15, -0.1) is 0 Å². The number of nitrogens with one attached hydrogen (secondary N) is 2. The van der Waals surface area contributed by atoms with E-state index in [0.717, 1.165) is 39.5 Å². The zero-order chi connectivity index (χ0) is 20.5.